The number of nitrogens with one attached hydrogen (secondary N) is 1. The number of carbonyl (C=O) groups excluding carboxylic acids is 1. The van der Waals surface area contributed by atoms with Crippen molar-refractivity contribution in [1.29, 1.82) is 0 Å². The van der Waals surface area contributed by atoms with Gasteiger partial charge in [0, 0.05) is 12.1 Å². The van der Waals surface area contributed by atoms with Crippen molar-refractivity contribution < 1.29 is 4.79 Å². The van der Waals surface area contributed by atoms with Gasteiger partial charge in [-0.05, 0) is 60.5 Å². The van der Waals surface area contributed by atoms with Crippen molar-refractivity contribution >= 4 is 5.91 Å². The second kappa shape index (κ2) is 7.74. The summed E-state index contributed by atoms with van der Waals surface area (Å²) < 4.78 is 0. The molecule has 3 N–H and O–H groups in total. The van der Waals surface area contributed by atoms with Gasteiger partial charge in [-0.2, -0.15) is 0 Å². The van der Waals surface area contributed by atoms with Crippen LogP contribution in [0.25, 0.3) is 0 Å². The van der Waals surface area contributed by atoms with E-state index in [2.05, 4.69) is 31.1 Å². The van der Waals surface area contributed by atoms with Crippen LogP contribution in [0.3, 0.4) is 0 Å². The Labute approximate surface area is 112 Å². The van der Waals surface area contributed by atoms with Crippen LogP contribution in [0.5, 0.6) is 0 Å². The summed E-state index contributed by atoms with van der Waals surface area (Å²) in [5.74, 6) is -0.262. The van der Waals surface area contributed by atoms with Crippen molar-refractivity contribution in [3.63, 3.8) is 0 Å². The molecule has 4 heteroatoms. The Morgan fingerprint density at radius 1 is 1.39 bits per heavy atom. The first-order valence-electron chi connectivity index (χ1n) is 7.00. The molecule has 0 radical (unpaired) electrons. The number of rotatable bonds is 9. The van der Waals surface area contributed by atoms with Crippen molar-refractivity contribution in [2.75, 3.05) is 13.6 Å². The molecule has 1 amide bonds. The highest BCUT2D eigenvalue weighted by molar-refractivity contribution is 5.84. The molecule has 0 bridgehead atoms. The molecule has 4 nitrogen and oxygen atoms in total. The zero-order chi connectivity index (χ0) is 14.3. The van der Waals surface area contributed by atoms with Gasteiger partial charge in [0.25, 0.3) is 0 Å². The SMILES string of the molecule is CCC(C)N(C)CCCC(C)(NC(C)C)C(N)=O. The van der Waals surface area contributed by atoms with E-state index in [-0.39, 0.29) is 11.9 Å². The van der Waals surface area contributed by atoms with E-state index in [1.54, 1.807) is 0 Å². The summed E-state index contributed by atoms with van der Waals surface area (Å²) in [7, 11) is 2.13. The predicted molar refractivity (Wildman–Crippen MR) is 77.5 cm³/mol. The topological polar surface area (TPSA) is 58.4 Å². The molecule has 0 saturated heterocycles. The van der Waals surface area contributed by atoms with Gasteiger partial charge in [0.1, 0.15) is 0 Å². The third kappa shape index (κ3) is 5.83. The van der Waals surface area contributed by atoms with Crippen molar-refractivity contribution in [2.24, 2.45) is 5.73 Å². The molecular formula is C14H31N3O. The summed E-state index contributed by atoms with van der Waals surface area (Å²) in [5, 5.41) is 3.28. The second-order valence-electron chi connectivity index (χ2n) is 5.84. The molecule has 108 valence electrons. The Morgan fingerprint density at radius 2 is 1.94 bits per heavy atom. The lowest BCUT2D eigenvalue weighted by Crippen LogP contribution is -2.55. The van der Waals surface area contributed by atoms with E-state index in [9.17, 15) is 4.79 Å². The van der Waals surface area contributed by atoms with E-state index in [0.29, 0.717) is 6.04 Å². The third-order valence-corrected chi connectivity index (χ3v) is 3.68. The Hall–Kier alpha value is -0.610. The van der Waals surface area contributed by atoms with Gasteiger partial charge >= 0.3 is 0 Å². The molecule has 0 aliphatic heterocycles. The van der Waals surface area contributed by atoms with E-state index in [1.807, 2.05) is 20.8 Å². The Balaban J connectivity index is 4.25. The van der Waals surface area contributed by atoms with Crippen molar-refractivity contribution in [3.05, 3.63) is 0 Å². The number of nitrogens with zero attached hydrogens (tertiary/aromatic N) is 1. The number of hydrogen-bond donors (Lipinski definition) is 2. The molecule has 0 fully saturated rings. The summed E-state index contributed by atoms with van der Waals surface area (Å²) in [5.41, 5.74) is 4.91. The van der Waals surface area contributed by atoms with Crippen molar-refractivity contribution in [2.45, 2.75) is 71.5 Å². The molecule has 0 spiro atoms. The third-order valence-electron chi connectivity index (χ3n) is 3.68. The lowest BCUT2D eigenvalue weighted by atomic mass is 9.93. The fourth-order valence-corrected chi connectivity index (χ4v) is 2.12. The molecule has 0 aliphatic rings. The summed E-state index contributed by atoms with van der Waals surface area (Å²) >= 11 is 0. The average molecular weight is 257 g/mol. The van der Waals surface area contributed by atoms with Crippen LogP contribution >= 0.6 is 0 Å². The van der Waals surface area contributed by atoms with E-state index in [1.165, 1.54) is 0 Å². The van der Waals surface area contributed by atoms with Gasteiger partial charge in [0.05, 0.1) is 5.54 Å². The first kappa shape index (κ1) is 17.4. The van der Waals surface area contributed by atoms with Gasteiger partial charge in [0.15, 0.2) is 0 Å². The van der Waals surface area contributed by atoms with E-state index < -0.39 is 5.54 Å². The molecule has 0 aromatic rings. The molecule has 0 saturated carbocycles. The quantitative estimate of drug-likeness (QED) is 0.661. The highest BCUT2D eigenvalue weighted by Crippen LogP contribution is 2.14. The second-order valence-corrected chi connectivity index (χ2v) is 5.84. The minimum absolute atomic E-state index is 0.259. The average Bonchev–Trinajstić information content (AvgIpc) is 2.26. The van der Waals surface area contributed by atoms with Crippen molar-refractivity contribution in [3.8, 4) is 0 Å². The van der Waals surface area contributed by atoms with Gasteiger partial charge in [-0.15, -0.1) is 0 Å². The van der Waals surface area contributed by atoms with Gasteiger partial charge < -0.3 is 16.0 Å². The monoisotopic (exact) mass is 257 g/mol. The van der Waals surface area contributed by atoms with Gasteiger partial charge in [-0.1, -0.05) is 6.92 Å². The number of hydrogen-bond acceptors (Lipinski definition) is 3. The van der Waals surface area contributed by atoms with Crippen LogP contribution in [0.15, 0.2) is 0 Å². The molecule has 0 rings (SSSR count). The van der Waals surface area contributed by atoms with Gasteiger partial charge in [0.2, 0.25) is 5.91 Å². The molecule has 18 heavy (non-hydrogen) atoms. The van der Waals surface area contributed by atoms with E-state index in [0.717, 1.165) is 25.8 Å². The van der Waals surface area contributed by atoms with Crippen LogP contribution < -0.4 is 11.1 Å². The summed E-state index contributed by atoms with van der Waals surface area (Å²) in [6, 6.07) is 0.845. The first-order valence-corrected chi connectivity index (χ1v) is 7.00. The summed E-state index contributed by atoms with van der Waals surface area (Å²) in [6.07, 6.45) is 2.90. The molecule has 2 atom stereocenters. The number of primary amides is 1. The van der Waals surface area contributed by atoms with Crippen LogP contribution in [0.1, 0.15) is 53.9 Å². The lowest BCUT2D eigenvalue weighted by molar-refractivity contribution is -0.124. The maximum Gasteiger partial charge on any atom is 0.237 e. The van der Waals surface area contributed by atoms with Gasteiger partial charge in [-0.25, -0.2) is 0 Å². The zero-order valence-corrected chi connectivity index (χ0v) is 12.9. The molecular weight excluding hydrogens is 226 g/mol. The Kier molecular flexibility index (Phi) is 7.48. The summed E-state index contributed by atoms with van der Waals surface area (Å²) in [4.78, 5) is 13.9. The normalized spacial score (nSPS) is 16.9. The molecule has 0 aromatic carbocycles. The van der Waals surface area contributed by atoms with Crippen LogP contribution in [0, 0.1) is 0 Å². The number of amides is 1. The number of nitrogens with two attached hydrogens (primary N) is 1. The highest BCUT2D eigenvalue weighted by atomic mass is 16.1. The Morgan fingerprint density at radius 3 is 2.33 bits per heavy atom. The molecule has 2 unspecified atom stereocenters. The first-order chi connectivity index (χ1) is 8.23. The summed E-state index contributed by atoms with van der Waals surface area (Å²) in [6.45, 7) is 11.4. The van der Waals surface area contributed by atoms with Gasteiger partial charge in [-0.3, -0.25) is 4.79 Å². The van der Waals surface area contributed by atoms with Crippen LogP contribution in [-0.4, -0.2) is 42.0 Å². The lowest BCUT2D eigenvalue weighted by Gasteiger charge is -2.31. The minimum atomic E-state index is -0.593. The fourth-order valence-electron chi connectivity index (χ4n) is 2.12. The maximum atomic E-state index is 11.6. The highest BCUT2D eigenvalue weighted by Gasteiger charge is 2.30. The van der Waals surface area contributed by atoms with E-state index in [4.69, 9.17) is 5.73 Å². The van der Waals surface area contributed by atoms with E-state index >= 15 is 0 Å². The molecule has 0 heterocycles. The standard InChI is InChI=1S/C14H31N3O/c1-7-12(4)17(6)10-8-9-14(5,13(15)18)16-11(2)3/h11-12,16H,7-10H2,1-6H3,(H2,15,18). The largest absolute Gasteiger partial charge is 0.368 e. The maximum absolute atomic E-state index is 11.6. The smallest absolute Gasteiger partial charge is 0.237 e. The fraction of sp³-hybridized carbons (Fsp3) is 0.929. The molecule has 0 aliphatic carbocycles. The van der Waals surface area contributed by atoms with Crippen LogP contribution in [0.4, 0.5) is 0 Å². The van der Waals surface area contributed by atoms with Crippen molar-refractivity contribution in [1.82, 2.24) is 10.2 Å². The predicted octanol–water partition coefficient (Wildman–Crippen LogP) is 1.74. The molecule has 0 aromatic heterocycles. The van der Waals surface area contributed by atoms with Crippen LogP contribution in [-0.2, 0) is 4.79 Å². The number of carbonyl (C=O) groups is 1. The minimum Gasteiger partial charge on any atom is -0.368 e. The Bertz CT molecular complexity index is 255. The van der Waals surface area contributed by atoms with Crippen LogP contribution in [0.2, 0.25) is 0 Å². The zero-order valence-electron chi connectivity index (χ0n) is 12.9.